The monoisotopic (exact) mass is 361 g/mol. The number of carbonyl (C=O) groups is 1. The molecule has 0 aliphatic heterocycles. The molecule has 6 nitrogen and oxygen atoms in total. The molecule has 0 fully saturated rings. The number of nitrogens with one attached hydrogen (secondary N) is 2. The van der Waals surface area contributed by atoms with Gasteiger partial charge in [-0.1, -0.05) is 18.2 Å². The minimum atomic E-state index is -4.44. The first-order chi connectivity index (χ1) is 12.4. The van der Waals surface area contributed by atoms with E-state index in [9.17, 15) is 18.0 Å². The zero-order valence-corrected chi connectivity index (χ0v) is 13.4. The highest BCUT2D eigenvalue weighted by Crippen LogP contribution is 2.30. The Kier molecular flexibility index (Phi) is 4.87. The summed E-state index contributed by atoms with van der Waals surface area (Å²) in [4.78, 5) is 16.0. The van der Waals surface area contributed by atoms with E-state index in [0.717, 1.165) is 17.7 Å². The number of rotatable bonds is 5. The van der Waals surface area contributed by atoms with Gasteiger partial charge in [-0.3, -0.25) is 15.6 Å². The first-order valence-electron chi connectivity index (χ1n) is 7.57. The smallest absolute Gasteiger partial charge is 0.298 e. The lowest BCUT2D eigenvalue weighted by Crippen LogP contribution is -2.29. The van der Waals surface area contributed by atoms with Crippen LogP contribution in [-0.2, 0) is 12.7 Å². The van der Waals surface area contributed by atoms with Gasteiger partial charge in [0.2, 0.25) is 0 Å². The van der Waals surface area contributed by atoms with Crippen LogP contribution < -0.4 is 10.9 Å². The number of benzene rings is 2. The lowest BCUT2D eigenvalue weighted by atomic mass is 10.1. The third-order valence-electron chi connectivity index (χ3n) is 3.54. The van der Waals surface area contributed by atoms with Gasteiger partial charge in [-0.2, -0.15) is 18.3 Å². The van der Waals surface area contributed by atoms with E-state index >= 15 is 0 Å². The molecule has 0 saturated heterocycles. The molecule has 134 valence electrons. The summed E-state index contributed by atoms with van der Waals surface area (Å²) < 4.78 is 39.7. The summed E-state index contributed by atoms with van der Waals surface area (Å²) in [6, 6.07) is 11.3. The fourth-order valence-electron chi connectivity index (χ4n) is 2.24. The van der Waals surface area contributed by atoms with Crippen molar-refractivity contribution in [2.24, 2.45) is 0 Å². The molecule has 0 radical (unpaired) electrons. The summed E-state index contributed by atoms with van der Waals surface area (Å²) in [7, 11) is 0. The van der Waals surface area contributed by atoms with Crippen molar-refractivity contribution < 1.29 is 18.0 Å². The Morgan fingerprint density at radius 1 is 1.12 bits per heavy atom. The molecule has 3 aromatic rings. The fraction of sp³-hybridized carbons (Fsp3) is 0.118. The van der Waals surface area contributed by atoms with Gasteiger partial charge in [0.25, 0.3) is 5.91 Å². The zero-order valence-electron chi connectivity index (χ0n) is 13.4. The van der Waals surface area contributed by atoms with Crippen LogP contribution in [0.25, 0.3) is 0 Å². The van der Waals surface area contributed by atoms with Crippen LogP contribution in [0.2, 0.25) is 0 Å². The summed E-state index contributed by atoms with van der Waals surface area (Å²) in [6.07, 6.45) is -1.43. The van der Waals surface area contributed by atoms with Crippen molar-refractivity contribution in [3.63, 3.8) is 0 Å². The van der Waals surface area contributed by atoms with E-state index in [2.05, 4.69) is 20.9 Å². The SMILES string of the molecule is O=C(NNc1cccc(C(F)(F)F)c1)c1ccc(Cn2cncn2)cc1. The Hall–Kier alpha value is -3.36. The molecule has 26 heavy (non-hydrogen) atoms. The predicted molar refractivity (Wildman–Crippen MR) is 88.1 cm³/mol. The third-order valence-corrected chi connectivity index (χ3v) is 3.54. The van der Waals surface area contributed by atoms with Crippen LogP contribution in [-0.4, -0.2) is 20.7 Å². The van der Waals surface area contributed by atoms with Gasteiger partial charge in [0.05, 0.1) is 17.8 Å². The van der Waals surface area contributed by atoms with Crippen molar-refractivity contribution >= 4 is 11.6 Å². The second-order valence-corrected chi connectivity index (χ2v) is 5.45. The molecule has 1 aromatic heterocycles. The maximum atomic E-state index is 12.7. The van der Waals surface area contributed by atoms with Crippen LogP contribution in [0.3, 0.4) is 0 Å². The lowest BCUT2D eigenvalue weighted by molar-refractivity contribution is -0.137. The minimum Gasteiger partial charge on any atom is -0.298 e. The number of aromatic nitrogens is 3. The number of hydrazine groups is 1. The molecular weight excluding hydrogens is 347 g/mol. The summed E-state index contributed by atoms with van der Waals surface area (Å²) in [6.45, 7) is 0.518. The molecule has 0 aliphatic rings. The van der Waals surface area contributed by atoms with Gasteiger partial charge in [0.15, 0.2) is 0 Å². The Morgan fingerprint density at radius 2 is 1.88 bits per heavy atom. The summed E-state index contributed by atoms with van der Waals surface area (Å²) in [5.41, 5.74) is 5.49. The normalized spacial score (nSPS) is 11.2. The average Bonchev–Trinajstić information content (AvgIpc) is 3.13. The van der Waals surface area contributed by atoms with E-state index in [-0.39, 0.29) is 5.69 Å². The van der Waals surface area contributed by atoms with Crippen LogP contribution in [0.4, 0.5) is 18.9 Å². The Labute approximate surface area is 146 Å². The van der Waals surface area contributed by atoms with E-state index < -0.39 is 17.6 Å². The maximum absolute atomic E-state index is 12.7. The van der Waals surface area contributed by atoms with Crippen LogP contribution in [0.15, 0.2) is 61.2 Å². The molecule has 2 aromatic carbocycles. The highest BCUT2D eigenvalue weighted by Gasteiger charge is 2.30. The molecule has 3 rings (SSSR count). The largest absolute Gasteiger partial charge is 0.416 e. The van der Waals surface area contributed by atoms with Crippen molar-refractivity contribution in [2.45, 2.75) is 12.7 Å². The van der Waals surface area contributed by atoms with Gasteiger partial charge in [-0.25, -0.2) is 9.67 Å². The van der Waals surface area contributed by atoms with Gasteiger partial charge in [0.1, 0.15) is 12.7 Å². The van der Waals surface area contributed by atoms with E-state index in [1.807, 2.05) is 0 Å². The number of amides is 1. The number of carbonyl (C=O) groups excluding carboxylic acids is 1. The first kappa shape index (κ1) is 17.5. The average molecular weight is 361 g/mol. The number of alkyl halides is 3. The van der Waals surface area contributed by atoms with Gasteiger partial charge >= 0.3 is 6.18 Å². The molecule has 0 aliphatic carbocycles. The van der Waals surface area contributed by atoms with E-state index in [1.54, 1.807) is 35.3 Å². The molecule has 0 spiro atoms. The predicted octanol–water partition coefficient (Wildman–Crippen LogP) is 3.10. The number of anilines is 1. The standard InChI is InChI=1S/C17H14F3N5O/c18-17(19,20)14-2-1-3-15(8-14)23-24-16(26)13-6-4-12(5-7-13)9-25-11-21-10-22-25/h1-8,10-11,23H,9H2,(H,24,26). The first-order valence-corrected chi connectivity index (χ1v) is 7.57. The second-order valence-electron chi connectivity index (χ2n) is 5.45. The van der Waals surface area contributed by atoms with Crippen molar-refractivity contribution in [3.05, 3.63) is 77.9 Å². The number of nitrogens with zero attached hydrogens (tertiary/aromatic N) is 3. The van der Waals surface area contributed by atoms with Crippen molar-refractivity contribution in [3.8, 4) is 0 Å². The van der Waals surface area contributed by atoms with E-state index in [0.29, 0.717) is 12.1 Å². The molecule has 0 atom stereocenters. The van der Waals surface area contributed by atoms with Crippen molar-refractivity contribution in [1.82, 2.24) is 20.2 Å². The fourth-order valence-corrected chi connectivity index (χ4v) is 2.24. The number of hydrogen-bond acceptors (Lipinski definition) is 4. The van der Waals surface area contributed by atoms with Crippen molar-refractivity contribution in [2.75, 3.05) is 5.43 Å². The molecule has 9 heteroatoms. The minimum absolute atomic E-state index is 0.135. The molecular formula is C17H14F3N5O. The molecule has 0 unspecified atom stereocenters. The van der Waals surface area contributed by atoms with Crippen LogP contribution >= 0.6 is 0 Å². The number of halogens is 3. The Balaban J connectivity index is 1.60. The zero-order chi connectivity index (χ0) is 18.6. The highest BCUT2D eigenvalue weighted by atomic mass is 19.4. The topological polar surface area (TPSA) is 71.8 Å². The van der Waals surface area contributed by atoms with Gasteiger partial charge in [0, 0.05) is 5.56 Å². The van der Waals surface area contributed by atoms with Gasteiger partial charge < -0.3 is 0 Å². The Morgan fingerprint density at radius 3 is 2.54 bits per heavy atom. The van der Waals surface area contributed by atoms with Crippen LogP contribution in [0.5, 0.6) is 0 Å². The lowest BCUT2D eigenvalue weighted by Gasteiger charge is -2.11. The molecule has 1 amide bonds. The summed E-state index contributed by atoms with van der Waals surface area (Å²) in [5, 5.41) is 3.99. The van der Waals surface area contributed by atoms with Crippen molar-refractivity contribution in [1.29, 1.82) is 0 Å². The summed E-state index contributed by atoms with van der Waals surface area (Å²) in [5.74, 6) is -0.463. The van der Waals surface area contributed by atoms with E-state index in [4.69, 9.17) is 0 Å². The van der Waals surface area contributed by atoms with Crippen LogP contribution in [0.1, 0.15) is 21.5 Å². The molecule has 1 heterocycles. The third kappa shape index (κ3) is 4.38. The molecule has 0 bridgehead atoms. The Bertz CT molecular complexity index is 876. The second kappa shape index (κ2) is 7.26. The van der Waals surface area contributed by atoms with Crippen LogP contribution in [0, 0.1) is 0 Å². The van der Waals surface area contributed by atoms with Gasteiger partial charge in [-0.15, -0.1) is 0 Å². The van der Waals surface area contributed by atoms with E-state index in [1.165, 1.54) is 18.5 Å². The highest BCUT2D eigenvalue weighted by molar-refractivity contribution is 5.94. The molecule has 0 saturated carbocycles. The maximum Gasteiger partial charge on any atom is 0.416 e. The van der Waals surface area contributed by atoms with Gasteiger partial charge in [-0.05, 0) is 35.9 Å². The quantitative estimate of drug-likeness (QED) is 0.685. The molecule has 2 N–H and O–H groups in total. The number of hydrogen-bond donors (Lipinski definition) is 2. The summed E-state index contributed by atoms with van der Waals surface area (Å²) >= 11 is 0.